The van der Waals surface area contributed by atoms with Crippen molar-refractivity contribution in [3.8, 4) is 5.75 Å². The third-order valence-corrected chi connectivity index (χ3v) is 5.17. The molecule has 20 heavy (non-hydrogen) atoms. The first-order valence-electron chi connectivity index (χ1n) is 8.64. The number of benzene rings is 1. The molecule has 2 fully saturated rings. The highest BCUT2D eigenvalue weighted by Crippen LogP contribution is 2.33. The molecule has 1 heteroatoms. The lowest BCUT2D eigenvalue weighted by atomic mass is 9.84. The minimum absolute atomic E-state index is 0.793. The van der Waals surface area contributed by atoms with Gasteiger partial charge in [0, 0.05) is 0 Å². The van der Waals surface area contributed by atoms with Gasteiger partial charge in [-0.3, -0.25) is 0 Å². The minimum Gasteiger partial charge on any atom is -0.493 e. The van der Waals surface area contributed by atoms with E-state index in [-0.39, 0.29) is 0 Å². The van der Waals surface area contributed by atoms with Crippen molar-refractivity contribution >= 4 is 0 Å². The van der Waals surface area contributed by atoms with Crippen molar-refractivity contribution in [2.75, 3.05) is 6.61 Å². The van der Waals surface area contributed by atoms with Crippen LogP contribution in [0.2, 0.25) is 0 Å². The molecule has 1 aromatic carbocycles. The van der Waals surface area contributed by atoms with E-state index in [0.29, 0.717) is 0 Å². The maximum atomic E-state index is 5.99. The zero-order valence-electron chi connectivity index (χ0n) is 12.7. The Labute approximate surface area is 123 Å². The van der Waals surface area contributed by atoms with E-state index in [2.05, 4.69) is 24.3 Å². The zero-order valence-corrected chi connectivity index (χ0v) is 12.7. The number of hydrogen-bond acceptors (Lipinski definition) is 1. The molecule has 3 rings (SSSR count). The third-order valence-electron chi connectivity index (χ3n) is 5.17. The Balaban J connectivity index is 1.50. The van der Waals surface area contributed by atoms with E-state index in [1.54, 1.807) is 0 Å². The van der Waals surface area contributed by atoms with Crippen LogP contribution in [-0.4, -0.2) is 6.61 Å². The van der Waals surface area contributed by atoms with Crippen LogP contribution in [0, 0.1) is 5.92 Å². The van der Waals surface area contributed by atoms with E-state index in [9.17, 15) is 0 Å². The average molecular weight is 272 g/mol. The van der Waals surface area contributed by atoms with Gasteiger partial charge >= 0.3 is 0 Å². The van der Waals surface area contributed by atoms with Gasteiger partial charge in [0.25, 0.3) is 0 Å². The van der Waals surface area contributed by atoms with Gasteiger partial charge in [-0.05, 0) is 55.2 Å². The molecule has 0 bridgehead atoms. The van der Waals surface area contributed by atoms with Crippen molar-refractivity contribution in [2.24, 2.45) is 5.92 Å². The van der Waals surface area contributed by atoms with Gasteiger partial charge in [-0.15, -0.1) is 0 Å². The van der Waals surface area contributed by atoms with Crippen LogP contribution < -0.4 is 4.74 Å². The molecule has 0 radical (unpaired) electrons. The van der Waals surface area contributed by atoms with Crippen LogP contribution in [0.15, 0.2) is 24.3 Å². The Bertz CT molecular complexity index is 383. The molecule has 1 nitrogen and oxygen atoms in total. The van der Waals surface area contributed by atoms with Gasteiger partial charge in [0.15, 0.2) is 0 Å². The maximum Gasteiger partial charge on any atom is 0.119 e. The fraction of sp³-hybridized carbons (Fsp3) is 0.684. The van der Waals surface area contributed by atoms with Crippen molar-refractivity contribution in [3.63, 3.8) is 0 Å². The quantitative estimate of drug-likeness (QED) is 0.683. The summed E-state index contributed by atoms with van der Waals surface area (Å²) in [7, 11) is 0. The van der Waals surface area contributed by atoms with E-state index in [0.717, 1.165) is 24.2 Å². The van der Waals surface area contributed by atoms with Gasteiger partial charge in [-0.1, -0.05) is 50.7 Å². The Hall–Kier alpha value is -0.980. The molecule has 0 heterocycles. The summed E-state index contributed by atoms with van der Waals surface area (Å²) in [4.78, 5) is 0. The molecule has 2 aliphatic carbocycles. The lowest BCUT2D eigenvalue weighted by molar-refractivity contribution is 0.209. The smallest absolute Gasteiger partial charge is 0.119 e. The molecule has 0 unspecified atom stereocenters. The first-order valence-corrected chi connectivity index (χ1v) is 8.64. The number of hydrogen-bond donors (Lipinski definition) is 0. The molecule has 2 aliphatic rings. The molecule has 110 valence electrons. The topological polar surface area (TPSA) is 9.23 Å². The summed E-state index contributed by atoms with van der Waals surface area (Å²) >= 11 is 0. The molecule has 0 aromatic heterocycles. The van der Waals surface area contributed by atoms with Gasteiger partial charge < -0.3 is 4.74 Å². The van der Waals surface area contributed by atoms with Gasteiger partial charge in [-0.2, -0.15) is 0 Å². The van der Waals surface area contributed by atoms with Crippen molar-refractivity contribution in [1.82, 2.24) is 0 Å². The van der Waals surface area contributed by atoms with Crippen molar-refractivity contribution in [1.29, 1.82) is 0 Å². The summed E-state index contributed by atoms with van der Waals surface area (Å²) in [6.07, 6.45) is 13.9. The molecular weight excluding hydrogens is 244 g/mol. The van der Waals surface area contributed by atoms with Crippen LogP contribution in [-0.2, 0) is 0 Å². The monoisotopic (exact) mass is 272 g/mol. The fourth-order valence-corrected chi connectivity index (χ4v) is 3.84. The average Bonchev–Trinajstić information content (AvgIpc) is 2.55. The minimum atomic E-state index is 0.793. The van der Waals surface area contributed by atoms with E-state index in [1.165, 1.54) is 69.8 Å². The second-order valence-corrected chi connectivity index (χ2v) is 6.72. The van der Waals surface area contributed by atoms with E-state index in [1.807, 2.05) is 0 Å². The summed E-state index contributed by atoms with van der Waals surface area (Å²) in [5, 5.41) is 0. The van der Waals surface area contributed by atoms with Crippen LogP contribution in [0.5, 0.6) is 5.75 Å². The normalized spacial score (nSPS) is 21.8. The Morgan fingerprint density at radius 3 is 2.00 bits per heavy atom. The van der Waals surface area contributed by atoms with Gasteiger partial charge in [-0.25, -0.2) is 0 Å². The van der Waals surface area contributed by atoms with E-state index in [4.69, 9.17) is 4.74 Å². The Kier molecular flexibility index (Phi) is 5.00. The predicted molar refractivity (Wildman–Crippen MR) is 84.3 cm³/mol. The van der Waals surface area contributed by atoms with E-state index >= 15 is 0 Å². The van der Waals surface area contributed by atoms with Crippen LogP contribution in [0.3, 0.4) is 0 Å². The van der Waals surface area contributed by atoms with Crippen LogP contribution in [0.4, 0.5) is 0 Å². The number of rotatable bonds is 4. The fourth-order valence-electron chi connectivity index (χ4n) is 3.84. The van der Waals surface area contributed by atoms with Crippen LogP contribution in [0.25, 0.3) is 0 Å². The Morgan fingerprint density at radius 2 is 1.35 bits per heavy atom. The van der Waals surface area contributed by atoms with Gasteiger partial charge in [0.05, 0.1) is 6.61 Å². The van der Waals surface area contributed by atoms with Crippen molar-refractivity contribution < 1.29 is 4.74 Å². The van der Waals surface area contributed by atoms with Crippen molar-refractivity contribution in [2.45, 2.75) is 70.1 Å². The third kappa shape index (κ3) is 3.77. The summed E-state index contributed by atoms with van der Waals surface area (Å²) in [5.74, 6) is 2.66. The maximum absolute atomic E-state index is 5.99. The highest BCUT2D eigenvalue weighted by atomic mass is 16.5. The zero-order chi connectivity index (χ0) is 13.6. The lowest BCUT2D eigenvalue weighted by Crippen LogP contribution is -2.15. The summed E-state index contributed by atoms with van der Waals surface area (Å²) in [6, 6.07) is 8.97. The van der Waals surface area contributed by atoms with Crippen molar-refractivity contribution in [3.05, 3.63) is 29.8 Å². The summed E-state index contributed by atoms with van der Waals surface area (Å²) < 4.78 is 5.99. The highest BCUT2D eigenvalue weighted by Gasteiger charge is 2.16. The molecule has 0 aliphatic heterocycles. The highest BCUT2D eigenvalue weighted by molar-refractivity contribution is 5.29. The second kappa shape index (κ2) is 7.15. The molecular formula is C19H28O. The van der Waals surface area contributed by atoms with Crippen LogP contribution in [0.1, 0.15) is 75.7 Å². The molecule has 2 saturated carbocycles. The molecule has 0 spiro atoms. The first kappa shape index (κ1) is 14.0. The SMILES string of the molecule is c1cc(C2CCCCC2)ccc1OCC1CCCCC1. The molecule has 0 atom stereocenters. The standard InChI is InChI=1S/C19H28O/c1-3-7-16(8-4-1)15-20-19-13-11-18(12-14-19)17-9-5-2-6-10-17/h11-14,16-17H,1-10,15H2. The van der Waals surface area contributed by atoms with E-state index < -0.39 is 0 Å². The summed E-state index contributed by atoms with van der Waals surface area (Å²) in [5.41, 5.74) is 1.52. The molecule has 1 aromatic rings. The van der Waals surface area contributed by atoms with Gasteiger partial charge in [0.2, 0.25) is 0 Å². The Morgan fingerprint density at radius 1 is 0.750 bits per heavy atom. The molecule has 0 amide bonds. The lowest BCUT2D eigenvalue weighted by Gasteiger charge is -2.23. The first-order chi connectivity index (χ1) is 9.92. The summed E-state index contributed by atoms with van der Waals surface area (Å²) in [6.45, 7) is 0.919. The largest absolute Gasteiger partial charge is 0.493 e. The van der Waals surface area contributed by atoms with Gasteiger partial charge in [0.1, 0.15) is 5.75 Å². The second-order valence-electron chi connectivity index (χ2n) is 6.72. The predicted octanol–water partition coefficient (Wildman–Crippen LogP) is 5.69. The molecule has 0 N–H and O–H groups in total. The molecule has 0 saturated heterocycles. The number of ether oxygens (including phenoxy) is 1. The van der Waals surface area contributed by atoms with Crippen LogP contribution >= 0.6 is 0 Å².